The Hall–Kier alpha value is -3.14. The molecule has 0 saturated heterocycles. The molecule has 29 heavy (non-hydrogen) atoms. The van der Waals surface area contributed by atoms with Crippen LogP contribution in [0.3, 0.4) is 0 Å². The first-order valence-electron chi connectivity index (χ1n) is 7.65. The third-order valence-corrected chi connectivity index (χ3v) is 3.68. The van der Waals surface area contributed by atoms with Gasteiger partial charge >= 0.3 is 5.97 Å². The molecule has 0 bridgehead atoms. The van der Waals surface area contributed by atoms with Gasteiger partial charge in [0.05, 0.1) is 18.4 Å². The molecule has 0 spiro atoms. The summed E-state index contributed by atoms with van der Waals surface area (Å²) in [7, 11) is 1.35. The van der Waals surface area contributed by atoms with Crippen LogP contribution in [0.5, 0.6) is 5.75 Å². The van der Waals surface area contributed by atoms with Crippen LogP contribution in [-0.4, -0.2) is 19.0 Å². The van der Waals surface area contributed by atoms with Crippen molar-refractivity contribution in [1.29, 1.82) is 0 Å². The van der Waals surface area contributed by atoms with Crippen LogP contribution in [0, 0.1) is 29.1 Å². The van der Waals surface area contributed by atoms with Crippen LogP contribution in [0.4, 0.5) is 27.6 Å². The van der Waals surface area contributed by atoms with E-state index in [-0.39, 0.29) is 11.4 Å². The van der Waals surface area contributed by atoms with Crippen LogP contribution in [0.15, 0.2) is 30.4 Å². The van der Waals surface area contributed by atoms with Gasteiger partial charge in [-0.1, -0.05) is 11.6 Å². The Morgan fingerprint density at radius 1 is 1.00 bits per heavy atom. The number of amides is 1. The Labute approximate surface area is 165 Å². The van der Waals surface area contributed by atoms with Gasteiger partial charge in [-0.3, -0.25) is 4.79 Å². The van der Waals surface area contributed by atoms with E-state index in [0.717, 1.165) is 6.08 Å². The molecule has 2 aromatic rings. The third kappa shape index (κ3) is 5.23. The summed E-state index contributed by atoms with van der Waals surface area (Å²) >= 11 is 5.80. The zero-order chi connectivity index (χ0) is 21.7. The Morgan fingerprint density at radius 3 is 2.17 bits per heavy atom. The summed E-state index contributed by atoms with van der Waals surface area (Å²) in [6.07, 6.45) is 1.32. The van der Waals surface area contributed by atoms with Crippen molar-refractivity contribution < 1.29 is 41.0 Å². The second kappa shape index (κ2) is 9.37. The summed E-state index contributed by atoms with van der Waals surface area (Å²) in [6, 6.07) is 4.39. The van der Waals surface area contributed by atoms with Gasteiger partial charge in [0.25, 0.3) is 0 Å². The summed E-state index contributed by atoms with van der Waals surface area (Å²) in [5.41, 5.74) is -1.12. The molecule has 1 N–H and O–H groups in total. The van der Waals surface area contributed by atoms with Gasteiger partial charge in [-0.25, -0.2) is 26.7 Å². The van der Waals surface area contributed by atoms with Gasteiger partial charge in [-0.2, -0.15) is 0 Å². The number of carbonyl (C=O) groups is 2. The van der Waals surface area contributed by atoms with E-state index in [1.807, 2.05) is 0 Å². The number of rotatable bonds is 6. The summed E-state index contributed by atoms with van der Waals surface area (Å²) in [4.78, 5) is 23.4. The van der Waals surface area contributed by atoms with Crippen LogP contribution in [-0.2, 0) is 20.9 Å². The molecule has 0 heterocycles. The summed E-state index contributed by atoms with van der Waals surface area (Å²) in [6.45, 7) is -1.24. The highest BCUT2D eigenvalue weighted by atomic mass is 35.5. The van der Waals surface area contributed by atoms with Crippen molar-refractivity contribution in [2.75, 3.05) is 12.4 Å². The van der Waals surface area contributed by atoms with Crippen molar-refractivity contribution in [3.63, 3.8) is 0 Å². The fourth-order valence-electron chi connectivity index (χ4n) is 2.06. The van der Waals surface area contributed by atoms with E-state index in [1.165, 1.54) is 25.3 Å². The first-order chi connectivity index (χ1) is 13.6. The fourth-order valence-corrected chi connectivity index (χ4v) is 2.24. The third-order valence-electron chi connectivity index (χ3n) is 3.45. The van der Waals surface area contributed by atoms with Crippen molar-refractivity contribution in [2.45, 2.75) is 6.61 Å². The number of nitrogens with one attached hydrogen (secondary N) is 1. The number of esters is 1. The first-order valence-corrected chi connectivity index (χ1v) is 8.03. The number of anilines is 1. The van der Waals surface area contributed by atoms with E-state index >= 15 is 0 Å². The molecule has 0 atom stereocenters. The Morgan fingerprint density at radius 2 is 1.59 bits per heavy atom. The number of carbonyl (C=O) groups excluding carboxylic acids is 2. The summed E-state index contributed by atoms with van der Waals surface area (Å²) in [5.74, 6) is -12.7. The van der Waals surface area contributed by atoms with Crippen molar-refractivity contribution in [2.24, 2.45) is 0 Å². The Kier molecular flexibility index (Phi) is 7.16. The van der Waals surface area contributed by atoms with Gasteiger partial charge in [-0.15, -0.1) is 0 Å². The SMILES string of the molecule is COc1ccc(Cl)cc1NC(=O)/C=C/C(=O)OCc1c(F)c(F)c(F)c(F)c1F. The van der Waals surface area contributed by atoms with Crippen LogP contribution in [0.2, 0.25) is 5.02 Å². The highest BCUT2D eigenvalue weighted by molar-refractivity contribution is 6.31. The number of halogens is 6. The largest absolute Gasteiger partial charge is 0.495 e. The van der Waals surface area contributed by atoms with Crippen LogP contribution in [0.25, 0.3) is 0 Å². The van der Waals surface area contributed by atoms with Gasteiger partial charge < -0.3 is 14.8 Å². The van der Waals surface area contributed by atoms with Crippen molar-refractivity contribution >= 4 is 29.2 Å². The molecule has 154 valence electrons. The molecule has 0 aromatic heterocycles. The molecule has 2 rings (SSSR count). The molecule has 0 saturated carbocycles. The number of methoxy groups -OCH3 is 1. The van der Waals surface area contributed by atoms with Gasteiger partial charge in [-0.05, 0) is 18.2 Å². The highest BCUT2D eigenvalue weighted by Crippen LogP contribution is 2.27. The lowest BCUT2D eigenvalue weighted by atomic mass is 10.2. The second-order valence-electron chi connectivity index (χ2n) is 5.32. The predicted octanol–water partition coefficient (Wildman–Crippen LogP) is 4.28. The van der Waals surface area contributed by atoms with Gasteiger partial charge in [0, 0.05) is 17.2 Å². The standard InChI is InChI=1S/C18H11ClF5NO4/c1-28-11-3-2-8(19)6-10(11)25-12(26)4-5-13(27)29-7-9-14(20)16(22)18(24)17(23)15(9)21/h2-6H,7H2,1H3,(H,25,26)/b5-4+. The van der Waals surface area contributed by atoms with E-state index in [4.69, 9.17) is 16.3 Å². The molecule has 5 nitrogen and oxygen atoms in total. The van der Waals surface area contributed by atoms with Crippen LogP contribution in [0.1, 0.15) is 5.56 Å². The van der Waals surface area contributed by atoms with Crippen LogP contribution >= 0.6 is 11.6 Å². The minimum Gasteiger partial charge on any atom is -0.495 e. The van der Waals surface area contributed by atoms with E-state index < -0.39 is 53.1 Å². The highest BCUT2D eigenvalue weighted by Gasteiger charge is 2.26. The number of ether oxygens (including phenoxy) is 2. The normalized spacial score (nSPS) is 10.9. The first kappa shape index (κ1) is 22.2. The molecule has 0 aliphatic heterocycles. The number of benzene rings is 2. The molecule has 0 radical (unpaired) electrons. The monoisotopic (exact) mass is 435 g/mol. The second-order valence-corrected chi connectivity index (χ2v) is 5.76. The van der Waals surface area contributed by atoms with E-state index in [9.17, 15) is 31.5 Å². The number of hydrogen-bond acceptors (Lipinski definition) is 4. The van der Waals surface area contributed by atoms with Gasteiger partial charge in [0.15, 0.2) is 23.3 Å². The maximum Gasteiger partial charge on any atom is 0.331 e. The smallest absolute Gasteiger partial charge is 0.331 e. The minimum absolute atomic E-state index is 0.199. The Bertz CT molecular complexity index is 968. The molecule has 2 aromatic carbocycles. The van der Waals surface area contributed by atoms with E-state index in [2.05, 4.69) is 10.1 Å². The molecule has 0 aliphatic rings. The lowest BCUT2D eigenvalue weighted by Gasteiger charge is -2.09. The lowest BCUT2D eigenvalue weighted by Crippen LogP contribution is -2.12. The average molecular weight is 436 g/mol. The molecule has 0 unspecified atom stereocenters. The van der Waals surface area contributed by atoms with Gasteiger partial charge in [0.1, 0.15) is 12.4 Å². The van der Waals surface area contributed by atoms with Gasteiger partial charge in [0.2, 0.25) is 11.7 Å². The summed E-state index contributed by atoms with van der Waals surface area (Å²) < 4.78 is 75.6. The molecule has 11 heteroatoms. The molecular weight excluding hydrogens is 425 g/mol. The van der Waals surface area contributed by atoms with Crippen molar-refractivity contribution in [3.05, 3.63) is 70.0 Å². The van der Waals surface area contributed by atoms with E-state index in [1.54, 1.807) is 0 Å². The molecule has 0 fully saturated rings. The maximum absolute atomic E-state index is 13.5. The quantitative estimate of drug-likeness (QED) is 0.242. The molecule has 0 aliphatic carbocycles. The predicted molar refractivity (Wildman–Crippen MR) is 91.8 cm³/mol. The summed E-state index contributed by atoms with van der Waals surface area (Å²) in [5, 5.41) is 2.67. The minimum atomic E-state index is -2.33. The average Bonchev–Trinajstić information content (AvgIpc) is 2.69. The van der Waals surface area contributed by atoms with Crippen molar-refractivity contribution in [3.8, 4) is 5.75 Å². The maximum atomic E-state index is 13.5. The molecular formula is C18H11ClF5NO4. The zero-order valence-corrected chi connectivity index (χ0v) is 15.3. The fraction of sp³-hybridized carbons (Fsp3) is 0.111. The van der Waals surface area contributed by atoms with Crippen LogP contribution < -0.4 is 10.1 Å². The molecule has 1 amide bonds. The van der Waals surface area contributed by atoms with E-state index in [0.29, 0.717) is 11.1 Å². The number of hydrogen-bond donors (Lipinski definition) is 1. The van der Waals surface area contributed by atoms with Crippen molar-refractivity contribution in [1.82, 2.24) is 0 Å². The zero-order valence-electron chi connectivity index (χ0n) is 14.5. The topological polar surface area (TPSA) is 64.6 Å². The lowest BCUT2D eigenvalue weighted by molar-refractivity contribution is -0.139. The Balaban J connectivity index is 2.02.